The Morgan fingerprint density at radius 1 is 1.10 bits per heavy atom. The summed E-state index contributed by atoms with van der Waals surface area (Å²) in [5.74, 6) is 0.474. The van der Waals surface area contributed by atoms with E-state index in [0.717, 1.165) is 16.4 Å². The molecule has 20 heavy (non-hydrogen) atoms. The van der Waals surface area contributed by atoms with Crippen LogP contribution in [0.5, 0.6) is 0 Å². The highest BCUT2D eigenvalue weighted by molar-refractivity contribution is 7.98. The molecule has 0 saturated heterocycles. The number of thiazole rings is 1. The minimum atomic E-state index is -0.183. The van der Waals surface area contributed by atoms with Crippen molar-refractivity contribution in [3.8, 4) is 10.7 Å². The number of benzene rings is 1. The Morgan fingerprint density at radius 3 is 2.75 bits per heavy atom. The van der Waals surface area contributed by atoms with E-state index in [1.165, 1.54) is 17.8 Å². The van der Waals surface area contributed by atoms with Gasteiger partial charge < -0.3 is 0 Å². The van der Waals surface area contributed by atoms with Crippen LogP contribution in [0.25, 0.3) is 10.7 Å². The van der Waals surface area contributed by atoms with Gasteiger partial charge in [0.25, 0.3) is 0 Å². The Labute approximate surface area is 124 Å². The van der Waals surface area contributed by atoms with E-state index in [2.05, 4.69) is 9.97 Å². The van der Waals surface area contributed by atoms with Gasteiger partial charge in [0.2, 0.25) is 0 Å². The van der Waals surface area contributed by atoms with Gasteiger partial charge in [-0.2, -0.15) is 0 Å². The van der Waals surface area contributed by atoms with Crippen molar-refractivity contribution in [1.29, 1.82) is 0 Å². The highest BCUT2D eigenvalue weighted by Crippen LogP contribution is 2.28. The summed E-state index contributed by atoms with van der Waals surface area (Å²) in [5, 5.41) is 2.90. The van der Waals surface area contributed by atoms with Crippen LogP contribution in [-0.4, -0.2) is 9.97 Å². The van der Waals surface area contributed by atoms with Crippen molar-refractivity contribution in [2.45, 2.75) is 10.6 Å². The molecule has 0 spiro atoms. The van der Waals surface area contributed by atoms with Gasteiger partial charge in [0.1, 0.15) is 10.8 Å². The lowest BCUT2D eigenvalue weighted by Gasteiger charge is -2.00. The summed E-state index contributed by atoms with van der Waals surface area (Å²) in [6.45, 7) is 0. The van der Waals surface area contributed by atoms with Crippen molar-refractivity contribution in [2.24, 2.45) is 0 Å². The first-order valence-corrected chi connectivity index (χ1v) is 7.92. The summed E-state index contributed by atoms with van der Waals surface area (Å²) in [6.07, 6.45) is 1.75. The number of halogens is 1. The fourth-order valence-corrected chi connectivity index (χ4v) is 3.43. The molecule has 2 nitrogen and oxygen atoms in total. The normalized spacial score (nSPS) is 10.7. The quantitative estimate of drug-likeness (QED) is 0.657. The second-order valence-electron chi connectivity index (χ2n) is 4.08. The largest absolute Gasteiger partial charge is 0.254 e. The Morgan fingerprint density at radius 2 is 1.95 bits per heavy atom. The Bertz CT molecular complexity index is 698. The molecule has 3 rings (SSSR count). The van der Waals surface area contributed by atoms with Crippen LogP contribution >= 0.6 is 23.1 Å². The van der Waals surface area contributed by atoms with E-state index < -0.39 is 0 Å². The summed E-state index contributed by atoms with van der Waals surface area (Å²) in [6, 6.07) is 12.6. The highest BCUT2D eigenvalue weighted by atomic mass is 32.2. The first-order valence-electron chi connectivity index (χ1n) is 6.06. The van der Waals surface area contributed by atoms with Gasteiger partial charge >= 0.3 is 0 Å². The van der Waals surface area contributed by atoms with Gasteiger partial charge in [0, 0.05) is 22.2 Å². The molecule has 0 atom stereocenters. The fraction of sp³-hybridized carbons (Fsp3) is 0.0667. The summed E-state index contributed by atoms with van der Waals surface area (Å²) in [7, 11) is 0. The lowest BCUT2D eigenvalue weighted by Crippen LogP contribution is -1.85. The SMILES string of the molecule is Fc1ccccc1SCc1csc(-c2ccccn2)n1. The molecule has 0 N–H and O–H groups in total. The molecule has 0 aliphatic rings. The van der Waals surface area contributed by atoms with Gasteiger partial charge in [-0.25, -0.2) is 9.37 Å². The number of aromatic nitrogens is 2. The standard InChI is InChI=1S/C15H11FN2S2/c16-12-5-1-2-7-14(12)19-9-11-10-20-15(18-11)13-6-3-4-8-17-13/h1-8,10H,9H2. The third kappa shape index (κ3) is 3.05. The van der Waals surface area contributed by atoms with Crippen molar-refractivity contribution >= 4 is 23.1 Å². The molecule has 0 radical (unpaired) electrons. The van der Waals surface area contributed by atoms with Crippen molar-refractivity contribution < 1.29 is 4.39 Å². The Hall–Kier alpha value is -1.72. The smallest absolute Gasteiger partial charge is 0.142 e. The molecule has 0 aliphatic heterocycles. The van der Waals surface area contributed by atoms with Gasteiger partial charge in [0.05, 0.1) is 11.4 Å². The molecule has 3 aromatic rings. The first-order chi connectivity index (χ1) is 9.83. The molecule has 2 aromatic heterocycles. The van der Waals surface area contributed by atoms with E-state index in [1.54, 1.807) is 29.7 Å². The molecule has 0 aliphatic carbocycles. The topological polar surface area (TPSA) is 25.8 Å². The molecular weight excluding hydrogens is 291 g/mol. The zero-order valence-electron chi connectivity index (χ0n) is 10.5. The highest BCUT2D eigenvalue weighted by Gasteiger charge is 2.07. The molecular formula is C15H11FN2S2. The molecule has 100 valence electrons. The Kier molecular flexibility index (Phi) is 4.08. The minimum Gasteiger partial charge on any atom is -0.254 e. The van der Waals surface area contributed by atoms with Gasteiger partial charge in [-0.1, -0.05) is 18.2 Å². The predicted molar refractivity (Wildman–Crippen MR) is 81.3 cm³/mol. The predicted octanol–water partition coefficient (Wildman–Crippen LogP) is 4.64. The molecule has 0 unspecified atom stereocenters. The second kappa shape index (κ2) is 6.15. The fourth-order valence-electron chi connectivity index (χ4n) is 1.69. The van der Waals surface area contributed by atoms with E-state index >= 15 is 0 Å². The van der Waals surface area contributed by atoms with E-state index in [-0.39, 0.29) is 5.82 Å². The average molecular weight is 302 g/mol. The van der Waals surface area contributed by atoms with Crippen LogP contribution in [-0.2, 0) is 5.75 Å². The molecule has 1 aromatic carbocycles. The van der Waals surface area contributed by atoms with Crippen LogP contribution in [0.2, 0.25) is 0 Å². The first kappa shape index (κ1) is 13.3. The number of rotatable bonds is 4. The monoisotopic (exact) mass is 302 g/mol. The molecule has 5 heteroatoms. The third-order valence-electron chi connectivity index (χ3n) is 2.65. The molecule has 0 bridgehead atoms. The van der Waals surface area contributed by atoms with Gasteiger partial charge in [-0.3, -0.25) is 4.98 Å². The Balaban J connectivity index is 1.71. The second-order valence-corrected chi connectivity index (χ2v) is 5.95. The lowest BCUT2D eigenvalue weighted by atomic mass is 10.3. The summed E-state index contributed by atoms with van der Waals surface area (Å²) < 4.78 is 13.5. The third-order valence-corrected chi connectivity index (χ3v) is 4.64. The van der Waals surface area contributed by atoms with Gasteiger partial charge in [0.15, 0.2) is 0 Å². The van der Waals surface area contributed by atoms with Crippen LogP contribution in [0.1, 0.15) is 5.69 Å². The average Bonchev–Trinajstić information content (AvgIpc) is 2.96. The van der Waals surface area contributed by atoms with Gasteiger partial charge in [-0.15, -0.1) is 23.1 Å². The zero-order chi connectivity index (χ0) is 13.8. The van der Waals surface area contributed by atoms with E-state index in [0.29, 0.717) is 10.6 Å². The van der Waals surface area contributed by atoms with Crippen molar-refractivity contribution in [1.82, 2.24) is 9.97 Å². The van der Waals surface area contributed by atoms with Crippen LogP contribution in [0.15, 0.2) is 58.9 Å². The van der Waals surface area contributed by atoms with Crippen LogP contribution in [0, 0.1) is 5.82 Å². The van der Waals surface area contributed by atoms with Crippen molar-refractivity contribution in [2.75, 3.05) is 0 Å². The lowest BCUT2D eigenvalue weighted by molar-refractivity contribution is 0.602. The summed E-state index contributed by atoms with van der Waals surface area (Å²) in [5.41, 5.74) is 1.82. The molecule has 2 heterocycles. The van der Waals surface area contributed by atoms with Crippen molar-refractivity contribution in [3.63, 3.8) is 0 Å². The maximum atomic E-state index is 13.5. The molecule has 0 saturated carbocycles. The number of thioether (sulfide) groups is 1. The van der Waals surface area contributed by atoms with E-state index in [4.69, 9.17) is 0 Å². The summed E-state index contributed by atoms with van der Waals surface area (Å²) >= 11 is 3.02. The van der Waals surface area contributed by atoms with Gasteiger partial charge in [-0.05, 0) is 24.3 Å². The van der Waals surface area contributed by atoms with E-state index in [9.17, 15) is 4.39 Å². The number of hydrogen-bond donors (Lipinski definition) is 0. The van der Waals surface area contributed by atoms with Crippen LogP contribution < -0.4 is 0 Å². The minimum absolute atomic E-state index is 0.183. The number of hydrogen-bond acceptors (Lipinski definition) is 4. The molecule has 0 amide bonds. The van der Waals surface area contributed by atoms with Crippen LogP contribution in [0.4, 0.5) is 4.39 Å². The zero-order valence-corrected chi connectivity index (χ0v) is 12.1. The number of nitrogens with zero attached hydrogens (tertiary/aromatic N) is 2. The van der Waals surface area contributed by atoms with Crippen LogP contribution in [0.3, 0.4) is 0 Å². The van der Waals surface area contributed by atoms with E-state index in [1.807, 2.05) is 29.6 Å². The maximum absolute atomic E-state index is 13.5. The number of pyridine rings is 1. The van der Waals surface area contributed by atoms with Crippen molar-refractivity contribution in [3.05, 3.63) is 65.6 Å². The maximum Gasteiger partial charge on any atom is 0.142 e. The molecule has 0 fully saturated rings. The summed E-state index contributed by atoms with van der Waals surface area (Å²) in [4.78, 5) is 9.47.